The first-order chi connectivity index (χ1) is 11.2. The fourth-order valence-electron chi connectivity index (χ4n) is 2.53. The highest BCUT2D eigenvalue weighted by molar-refractivity contribution is 8.04. The van der Waals surface area contributed by atoms with E-state index in [1.807, 2.05) is 6.92 Å². The molecule has 1 atom stereocenters. The predicted octanol–water partition coefficient (Wildman–Crippen LogP) is 5.18. The van der Waals surface area contributed by atoms with Crippen LogP contribution in [0.5, 0.6) is 5.75 Å². The minimum absolute atomic E-state index is 0.263. The predicted molar refractivity (Wildman–Crippen MR) is 96.4 cm³/mol. The lowest BCUT2D eigenvalue weighted by Crippen LogP contribution is -2.56. The van der Waals surface area contributed by atoms with Gasteiger partial charge in [0.25, 0.3) is 0 Å². The molecule has 126 valence electrons. The molecule has 6 heteroatoms. The Morgan fingerprint density at radius 3 is 2.62 bits per heavy atom. The number of ether oxygens (including phenoxy) is 1. The van der Waals surface area contributed by atoms with E-state index in [0.717, 1.165) is 17.5 Å². The molecule has 0 amide bonds. The van der Waals surface area contributed by atoms with Gasteiger partial charge in [0, 0.05) is 0 Å². The van der Waals surface area contributed by atoms with Gasteiger partial charge in [-0.05, 0) is 62.5 Å². The van der Waals surface area contributed by atoms with Crippen LogP contribution in [0.15, 0.2) is 42.5 Å². The van der Waals surface area contributed by atoms with Gasteiger partial charge in [-0.15, -0.1) is 0 Å². The second kappa shape index (κ2) is 5.97. The van der Waals surface area contributed by atoms with Crippen LogP contribution >= 0.6 is 23.5 Å². The molecule has 1 aliphatic heterocycles. The number of fused-ring (bicyclic) bond motifs is 1. The van der Waals surface area contributed by atoms with Crippen LogP contribution in [0.4, 0.5) is 10.1 Å². The Morgan fingerprint density at radius 2 is 1.92 bits per heavy atom. The number of halogens is 2. The van der Waals surface area contributed by atoms with Crippen LogP contribution in [-0.2, 0) is 0 Å². The van der Waals surface area contributed by atoms with E-state index in [9.17, 15) is 9.18 Å². The molecule has 24 heavy (non-hydrogen) atoms. The largest absolute Gasteiger partial charge is 0.484 e. The molecule has 0 aliphatic carbocycles. The lowest BCUT2D eigenvalue weighted by Gasteiger charge is -2.43. The fourth-order valence-corrected chi connectivity index (χ4v) is 3.69. The van der Waals surface area contributed by atoms with Crippen molar-refractivity contribution < 1.29 is 13.9 Å². The fraction of sp³-hybridized carbons (Fsp3) is 0.278. The molecule has 0 aromatic heterocycles. The quantitative estimate of drug-likeness (QED) is 0.600. The Morgan fingerprint density at radius 1 is 1.21 bits per heavy atom. The van der Waals surface area contributed by atoms with Crippen molar-refractivity contribution in [3.8, 4) is 5.75 Å². The second-order valence-corrected chi connectivity index (χ2v) is 8.03. The van der Waals surface area contributed by atoms with E-state index in [4.69, 9.17) is 16.3 Å². The number of carbonyl (C=O) groups excluding carboxylic acids is 1. The lowest BCUT2D eigenvalue weighted by atomic mass is 9.92. The Bertz CT molecular complexity index is 811. The molecule has 0 bridgehead atoms. The number of aryl methyl sites for hydroxylation is 1. The molecule has 2 aromatic rings. The molecule has 0 unspecified atom stereocenters. The first-order valence-corrected chi connectivity index (χ1v) is 8.66. The number of rotatable bonds is 3. The molecule has 0 spiro atoms. The second-order valence-electron chi connectivity index (χ2n) is 6.22. The van der Waals surface area contributed by atoms with Crippen molar-refractivity contribution in [2.75, 3.05) is 4.72 Å². The first-order valence-electron chi connectivity index (χ1n) is 7.46. The zero-order valence-corrected chi connectivity index (χ0v) is 15.1. The normalized spacial score (nSPS) is 21.8. The molecular formula is C18H17ClFNO2S. The van der Waals surface area contributed by atoms with E-state index in [1.165, 1.54) is 6.07 Å². The van der Waals surface area contributed by atoms with Crippen molar-refractivity contribution in [1.82, 2.24) is 0 Å². The SMILES string of the molecule is Cc1ccc(NS[C@]2(Cl)C(=O)c3ccccc3OC2(C)C)c(F)c1. The maximum Gasteiger partial charge on any atom is 0.210 e. The molecule has 1 aliphatic rings. The third-order valence-corrected chi connectivity index (χ3v) is 6.13. The number of Topliss-reactive ketones (excluding diaryl/α,β-unsaturated/α-hetero) is 1. The lowest BCUT2D eigenvalue weighted by molar-refractivity contribution is 0.0579. The maximum absolute atomic E-state index is 14.0. The summed E-state index contributed by atoms with van der Waals surface area (Å²) in [7, 11) is 0. The molecule has 1 heterocycles. The summed E-state index contributed by atoms with van der Waals surface area (Å²) in [6, 6.07) is 11.8. The van der Waals surface area contributed by atoms with Crippen LogP contribution in [-0.4, -0.2) is 15.6 Å². The number of anilines is 1. The van der Waals surface area contributed by atoms with Crippen LogP contribution in [0.2, 0.25) is 0 Å². The van der Waals surface area contributed by atoms with Gasteiger partial charge in [-0.1, -0.05) is 29.8 Å². The summed E-state index contributed by atoms with van der Waals surface area (Å²) in [6.45, 7) is 5.30. The number of nitrogens with one attached hydrogen (secondary N) is 1. The average Bonchev–Trinajstić information content (AvgIpc) is 2.52. The molecule has 0 fully saturated rings. The summed E-state index contributed by atoms with van der Waals surface area (Å²) in [5.41, 5.74) is 0.521. The van der Waals surface area contributed by atoms with E-state index < -0.39 is 15.6 Å². The molecule has 3 rings (SSSR count). The maximum atomic E-state index is 14.0. The highest BCUT2D eigenvalue weighted by atomic mass is 35.5. The Balaban J connectivity index is 1.92. The molecule has 0 saturated carbocycles. The molecule has 3 nitrogen and oxygen atoms in total. The van der Waals surface area contributed by atoms with E-state index in [1.54, 1.807) is 50.2 Å². The molecule has 1 N–H and O–H groups in total. The summed E-state index contributed by atoms with van der Waals surface area (Å²) in [6.07, 6.45) is 0. The van der Waals surface area contributed by atoms with Crippen LogP contribution in [0.1, 0.15) is 29.8 Å². The van der Waals surface area contributed by atoms with E-state index in [-0.39, 0.29) is 11.5 Å². The summed E-state index contributed by atoms with van der Waals surface area (Å²) in [5, 5.41) is 0. The molecule has 2 aromatic carbocycles. The summed E-state index contributed by atoms with van der Waals surface area (Å²) >= 11 is 7.63. The van der Waals surface area contributed by atoms with Crippen LogP contribution in [0, 0.1) is 12.7 Å². The van der Waals surface area contributed by atoms with Gasteiger partial charge >= 0.3 is 0 Å². The zero-order chi connectivity index (χ0) is 17.5. The summed E-state index contributed by atoms with van der Waals surface area (Å²) in [5.74, 6) is -0.155. The number of hydrogen-bond donors (Lipinski definition) is 1. The minimum atomic E-state index is -1.43. The smallest absolute Gasteiger partial charge is 0.210 e. The number of hydrogen-bond acceptors (Lipinski definition) is 4. The highest BCUT2D eigenvalue weighted by Gasteiger charge is 2.57. The van der Waals surface area contributed by atoms with Crippen LogP contribution < -0.4 is 9.46 Å². The Labute approximate surface area is 149 Å². The highest BCUT2D eigenvalue weighted by Crippen LogP contribution is 2.50. The topological polar surface area (TPSA) is 38.3 Å². The van der Waals surface area contributed by atoms with Crippen molar-refractivity contribution in [3.63, 3.8) is 0 Å². The number of para-hydroxylation sites is 1. The number of alkyl halides is 1. The van der Waals surface area contributed by atoms with Crippen LogP contribution in [0.3, 0.4) is 0 Å². The zero-order valence-electron chi connectivity index (χ0n) is 13.5. The van der Waals surface area contributed by atoms with Gasteiger partial charge in [0.05, 0.1) is 11.3 Å². The minimum Gasteiger partial charge on any atom is -0.484 e. The summed E-state index contributed by atoms with van der Waals surface area (Å²) in [4.78, 5) is 12.9. The monoisotopic (exact) mass is 365 g/mol. The Hall–Kier alpha value is -1.72. The van der Waals surface area contributed by atoms with Crippen molar-refractivity contribution >= 4 is 35.0 Å². The molecule has 0 saturated heterocycles. The van der Waals surface area contributed by atoms with Gasteiger partial charge in [-0.25, -0.2) is 4.39 Å². The number of ketones is 1. The van der Waals surface area contributed by atoms with E-state index in [0.29, 0.717) is 11.3 Å². The first kappa shape index (κ1) is 17.1. The van der Waals surface area contributed by atoms with E-state index >= 15 is 0 Å². The van der Waals surface area contributed by atoms with Gasteiger partial charge in [0.2, 0.25) is 9.99 Å². The number of carbonyl (C=O) groups is 1. The van der Waals surface area contributed by atoms with Gasteiger partial charge < -0.3 is 9.46 Å². The third kappa shape index (κ3) is 2.76. The summed E-state index contributed by atoms with van der Waals surface area (Å²) < 4.78 is 21.4. The molecule has 0 radical (unpaired) electrons. The van der Waals surface area contributed by atoms with Crippen molar-refractivity contribution in [2.24, 2.45) is 0 Å². The third-order valence-electron chi connectivity index (χ3n) is 3.99. The number of benzene rings is 2. The van der Waals surface area contributed by atoms with Gasteiger partial charge in [-0.3, -0.25) is 4.79 Å². The van der Waals surface area contributed by atoms with E-state index in [2.05, 4.69) is 4.72 Å². The van der Waals surface area contributed by atoms with Crippen LogP contribution in [0.25, 0.3) is 0 Å². The van der Waals surface area contributed by atoms with Gasteiger partial charge in [-0.2, -0.15) is 0 Å². The van der Waals surface area contributed by atoms with Gasteiger partial charge in [0.15, 0.2) is 0 Å². The average molecular weight is 366 g/mol. The van der Waals surface area contributed by atoms with Crippen molar-refractivity contribution in [2.45, 2.75) is 30.6 Å². The molecular weight excluding hydrogens is 349 g/mol. The van der Waals surface area contributed by atoms with Gasteiger partial charge in [0.1, 0.15) is 17.2 Å². The van der Waals surface area contributed by atoms with Crippen molar-refractivity contribution in [3.05, 3.63) is 59.4 Å². The van der Waals surface area contributed by atoms with Crippen molar-refractivity contribution in [1.29, 1.82) is 0 Å². The Kier molecular flexibility index (Phi) is 4.26. The standard InChI is InChI=1S/C18H17ClFNO2S/c1-11-8-9-14(13(20)10-11)21-24-18(19)16(22)12-6-4-5-7-15(12)23-17(18,2)3/h4-10,21H,1-3H3/t18-/m1/s1.